The number of carboxylic acid groups (broad SMARTS) is 1. The molecule has 1 N–H and O–H groups in total. The second-order valence-corrected chi connectivity index (χ2v) is 3.39. The predicted molar refractivity (Wildman–Crippen MR) is 58.5 cm³/mol. The molecular weight excluding hydrogens is 208 g/mol. The molecule has 1 aromatic heterocycles. The third kappa shape index (κ3) is 3.18. The molecule has 88 valence electrons. The van der Waals surface area contributed by atoms with E-state index in [1.165, 1.54) is 12.4 Å². The lowest BCUT2D eigenvalue weighted by molar-refractivity contribution is -0.139. The molecule has 1 rings (SSSR count). The molecule has 0 saturated carbocycles. The zero-order chi connectivity index (χ0) is 12.0. The summed E-state index contributed by atoms with van der Waals surface area (Å²) in [6.07, 6.45) is 4.31. The number of aromatic nitrogens is 2. The molecule has 0 aromatic carbocycles. The van der Waals surface area contributed by atoms with Gasteiger partial charge in [0, 0.05) is 6.20 Å². The van der Waals surface area contributed by atoms with E-state index in [-0.39, 0.29) is 0 Å². The average Bonchev–Trinajstić information content (AvgIpc) is 2.26. The van der Waals surface area contributed by atoms with Gasteiger partial charge >= 0.3 is 5.97 Å². The molecular formula is C11H16N2O3. The van der Waals surface area contributed by atoms with E-state index in [2.05, 4.69) is 9.97 Å². The highest BCUT2D eigenvalue weighted by atomic mass is 16.5. The molecule has 5 heteroatoms. The molecule has 1 aromatic rings. The monoisotopic (exact) mass is 224 g/mol. The van der Waals surface area contributed by atoms with Gasteiger partial charge in [-0.2, -0.15) is 0 Å². The van der Waals surface area contributed by atoms with Gasteiger partial charge in [-0.15, -0.1) is 0 Å². The van der Waals surface area contributed by atoms with E-state index in [9.17, 15) is 4.79 Å². The smallest absolute Gasteiger partial charge is 0.312 e. The normalized spacial score (nSPS) is 12.1. The van der Waals surface area contributed by atoms with Crippen LogP contribution in [-0.2, 0) is 4.79 Å². The van der Waals surface area contributed by atoms with Crippen LogP contribution in [0.1, 0.15) is 38.3 Å². The number of ether oxygens (including phenoxy) is 1. The van der Waals surface area contributed by atoms with Crippen molar-refractivity contribution in [3.05, 3.63) is 18.1 Å². The van der Waals surface area contributed by atoms with Crippen molar-refractivity contribution in [2.75, 3.05) is 6.61 Å². The topological polar surface area (TPSA) is 72.3 Å². The van der Waals surface area contributed by atoms with Crippen molar-refractivity contribution < 1.29 is 14.6 Å². The Hall–Kier alpha value is -1.65. The van der Waals surface area contributed by atoms with Crippen LogP contribution in [0.15, 0.2) is 12.4 Å². The molecule has 1 atom stereocenters. The van der Waals surface area contributed by atoms with E-state index < -0.39 is 11.9 Å². The summed E-state index contributed by atoms with van der Waals surface area (Å²) in [4.78, 5) is 19.1. The molecule has 0 aliphatic rings. The second kappa shape index (κ2) is 6.05. The van der Waals surface area contributed by atoms with Crippen LogP contribution in [-0.4, -0.2) is 27.7 Å². The van der Waals surface area contributed by atoms with Crippen LogP contribution in [0.25, 0.3) is 0 Å². The molecule has 0 saturated heterocycles. The number of rotatable bonds is 6. The maximum Gasteiger partial charge on any atom is 0.312 e. The van der Waals surface area contributed by atoms with Crippen LogP contribution >= 0.6 is 0 Å². The Morgan fingerprint density at radius 3 is 2.81 bits per heavy atom. The summed E-state index contributed by atoms with van der Waals surface area (Å²) >= 11 is 0. The zero-order valence-corrected chi connectivity index (χ0v) is 9.51. The molecule has 1 unspecified atom stereocenters. The summed E-state index contributed by atoms with van der Waals surface area (Å²) in [6.45, 7) is 4.27. The average molecular weight is 224 g/mol. The van der Waals surface area contributed by atoms with Gasteiger partial charge in [-0.05, 0) is 13.3 Å². The van der Waals surface area contributed by atoms with Crippen molar-refractivity contribution >= 4 is 5.97 Å². The minimum absolute atomic E-state index is 0.377. The molecule has 1 heterocycles. The Morgan fingerprint density at radius 2 is 2.25 bits per heavy atom. The lowest BCUT2D eigenvalue weighted by atomic mass is 10.0. The fourth-order valence-electron chi connectivity index (χ4n) is 1.43. The Morgan fingerprint density at radius 1 is 1.50 bits per heavy atom. The number of aliphatic carboxylic acids is 1. The van der Waals surface area contributed by atoms with E-state index in [1.54, 1.807) is 0 Å². The quantitative estimate of drug-likeness (QED) is 0.798. The Labute approximate surface area is 94.5 Å². The second-order valence-electron chi connectivity index (χ2n) is 3.39. The third-order valence-electron chi connectivity index (χ3n) is 2.16. The molecule has 16 heavy (non-hydrogen) atoms. The highest BCUT2D eigenvalue weighted by Crippen LogP contribution is 2.20. The molecule has 0 aliphatic heterocycles. The standard InChI is InChI=1S/C11H16N2O3/c1-3-5-8(11(14)15)9-6-12-7-10(13-9)16-4-2/h6-8H,3-5H2,1-2H3,(H,14,15). The molecule has 5 nitrogen and oxygen atoms in total. The minimum Gasteiger partial charge on any atom is -0.481 e. The van der Waals surface area contributed by atoms with E-state index >= 15 is 0 Å². The van der Waals surface area contributed by atoms with Crippen molar-refractivity contribution in [3.8, 4) is 5.88 Å². The lowest BCUT2D eigenvalue weighted by Gasteiger charge is -2.11. The molecule has 0 aliphatic carbocycles. The van der Waals surface area contributed by atoms with Crippen LogP contribution < -0.4 is 4.74 Å². The van der Waals surface area contributed by atoms with Gasteiger partial charge in [-0.3, -0.25) is 9.78 Å². The predicted octanol–water partition coefficient (Wildman–Crippen LogP) is 1.84. The minimum atomic E-state index is -0.871. The van der Waals surface area contributed by atoms with Crippen LogP contribution in [0, 0.1) is 0 Å². The first-order chi connectivity index (χ1) is 7.69. The number of nitrogens with zero attached hydrogens (tertiary/aromatic N) is 2. The van der Waals surface area contributed by atoms with Crippen molar-refractivity contribution in [1.82, 2.24) is 9.97 Å². The highest BCUT2D eigenvalue weighted by Gasteiger charge is 2.21. The van der Waals surface area contributed by atoms with Gasteiger partial charge in [0.05, 0.1) is 18.5 Å². The van der Waals surface area contributed by atoms with Gasteiger partial charge in [0.1, 0.15) is 5.92 Å². The zero-order valence-electron chi connectivity index (χ0n) is 9.51. The summed E-state index contributed by atoms with van der Waals surface area (Å²) in [5.74, 6) is -1.09. The van der Waals surface area contributed by atoms with Gasteiger partial charge < -0.3 is 9.84 Å². The largest absolute Gasteiger partial charge is 0.481 e. The molecule has 0 bridgehead atoms. The number of carboxylic acids is 1. The van der Waals surface area contributed by atoms with Gasteiger partial charge in [0.2, 0.25) is 5.88 Å². The van der Waals surface area contributed by atoms with Crippen molar-refractivity contribution in [3.63, 3.8) is 0 Å². The fourth-order valence-corrected chi connectivity index (χ4v) is 1.43. The van der Waals surface area contributed by atoms with E-state index in [4.69, 9.17) is 9.84 Å². The summed E-state index contributed by atoms with van der Waals surface area (Å²) in [6, 6.07) is 0. The highest BCUT2D eigenvalue weighted by molar-refractivity contribution is 5.75. The molecule has 0 amide bonds. The number of hydrogen-bond acceptors (Lipinski definition) is 4. The third-order valence-corrected chi connectivity index (χ3v) is 2.16. The lowest BCUT2D eigenvalue weighted by Crippen LogP contribution is -2.13. The molecule has 0 spiro atoms. The van der Waals surface area contributed by atoms with Crippen LogP contribution in [0.2, 0.25) is 0 Å². The summed E-state index contributed by atoms with van der Waals surface area (Å²) in [5, 5.41) is 9.07. The van der Waals surface area contributed by atoms with E-state index in [0.717, 1.165) is 6.42 Å². The van der Waals surface area contributed by atoms with Gasteiger partial charge in [-0.25, -0.2) is 4.98 Å². The molecule has 0 fully saturated rings. The van der Waals surface area contributed by atoms with Gasteiger partial charge in [0.25, 0.3) is 0 Å². The fraction of sp³-hybridized carbons (Fsp3) is 0.545. The van der Waals surface area contributed by atoms with Crippen molar-refractivity contribution in [1.29, 1.82) is 0 Å². The summed E-state index contributed by atoms with van der Waals surface area (Å²) < 4.78 is 5.19. The maximum atomic E-state index is 11.1. The number of hydrogen-bond donors (Lipinski definition) is 1. The van der Waals surface area contributed by atoms with Gasteiger partial charge in [0.15, 0.2) is 0 Å². The van der Waals surface area contributed by atoms with Crippen LogP contribution in [0.5, 0.6) is 5.88 Å². The van der Waals surface area contributed by atoms with Gasteiger partial charge in [-0.1, -0.05) is 13.3 Å². The van der Waals surface area contributed by atoms with Crippen LogP contribution in [0.3, 0.4) is 0 Å². The Bertz CT molecular complexity index is 355. The first-order valence-corrected chi connectivity index (χ1v) is 5.36. The van der Waals surface area contributed by atoms with Crippen molar-refractivity contribution in [2.24, 2.45) is 0 Å². The summed E-state index contributed by atoms with van der Waals surface area (Å²) in [7, 11) is 0. The number of carbonyl (C=O) groups is 1. The molecule has 0 radical (unpaired) electrons. The van der Waals surface area contributed by atoms with E-state index in [1.807, 2.05) is 13.8 Å². The van der Waals surface area contributed by atoms with Crippen molar-refractivity contribution in [2.45, 2.75) is 32.6 Å². The first-order valence-electron chi connectivity index (χ1n) is 5.36. The first kappa shape index (κ1) is 12.4. The maximum absolute atomic E-state index is 11.1. The Balaban J connectivity index is 2.90. The SMILES string of the molecule is CCCC(C(=O)O)c1cncc(OCC)n1. The summed E-state index contributed by atoms with van der Waals surface area (Å²) in [5.41, 5.74) is 0.459. The van der Waals surface area contributed by atoms with E-state index in [0.29, 0.717) is 24.6 Å². The van der Waals surface area contributed by atoms with Crippen LogP contribution in [0.4, 0.5) is 0 Å². The Kier molecular flexibility index (Phi) is 4.69.